The predicted octanol–water partition coefficient (Wildman–Crippen LogP) is 3.00. The van der Waals surface area contributed by atoms with Crippen molar-refractivity contribution in [1.29, 1.82) is 0 Å². The maximum atomic E-state index is 11.9. The molecule has 0 saturated heterocycles. The summed E-state index contributed by atoms with van der Waals surface area (Å²) < 4.78 is 10.0. The van der Waals surface area contributed by atoms with E-state index in [2.05, 4.69) is 13.8 Å². The summed E-state index contributed by atoms with van der Waals surface area (Å²) in [4.78, 5) is 11.9. The van der Waals surface area contributed by atoms with Gasteiger partial charge in [-0.2, -0.15) is 0 Å². The molecule has 3 nitrogen and oxygen atoms in total. The normalized spacial score (nSPS) is 11.2. The molecule has 1 aromatic rings. The second kappa shape index (κ2) is 6.52. The van der Waals surface area contributed by atoms with Crippen LogP contribution in [0.2, 0.25) is 0 Å². The highest BCUT2D eigenvalue weighted by atomic mass is 16.7. The topological polar surface area (TPSA) is 35.5 Å². The first kappa shape index (κ1) is 13.9. The lowest BCUT2D eigenvalue weighted by Crippen LogP contribution is -2.18. The van der Waals surface area contributed by atoms with Crippen molar-refractivity contribution < 1.29 is 14.3 Å². The molecule has 0 aliphatic rings. The molecule has 1 aromatic carbocycles. The molecule has 0 amide bonds. The summed E-state index contributed by atoms with van der Waals surface area (Å²) in [6.45, 7) is 4.26. The van der Waals surface area contributed by atoms with Crippen LogP contribution in [0.15, 0.2) is 24.3 Å². The molecule has 0 atom stereocenters. The molecule has 0 radical (unpaired) electrons. The quantitative estimate of drug-likeness (QED) is 0.562. The number of carbonyl (C=O) groups is 1. The van der Waals surface area contributed by atoms with E-state index >= 15 is 0 Å². The first-order valence-corrected chi connectivity index (χ1v) is 5.77. The number of ketones is 1. The van der Waals surface area contributed by atoms with Gasteiger partial charge in [0, 0.05) is 19.8 Å². The Hall–Kier alpha value is -1.19. The monoisotopic (exact) mass is 236 g/mol. The molecule has 0 saturated carbocycles. The van der Waals surface area contributed by atoms with Gasteiger partial charge >= 0.3 is 0 Å². The summed E-state index contributed by atoms with van der Waals surface area (Å²) in [7, 11) is 3.06. The van der Waals surface area contributed by atoms with E-state index in [1.54, 1.807) is 0 Å². The van der Waals surface area contributed by atoms with Gasteiger partial charge in [-0.3, -0.25) is 4.79 Å². The standard InChI is InChI=1S/C14H20O3/c1-10(2)11-5-7-12(8-6-11)13(15)9-14(16-3)17-4/h5-8,10,14H,9H2,1-4H3. The molecule has 0 spiro atoms. The van der Waals surface area contributed by atoms with E-state index in [9.17, 15) is 4.79 Å². The highest BCUT2D eigenvalue weighted by molar-refractivity contribution is 5.96. The Kier molecular flexibility index (Phi) is 5.32. The molecule has 0 fully saturated rings. The summed E-state index contributed by atoms with van der Waals surface area (Å²) in [5.41, 5.74) is 1.94. The molecule has 0 aliphatic heterocycles. The lowest BCUT2D eigenvalue weighted by Gasteiger charge is -2.12. The fourth-order valence-electron chi connectivity index (χ4n) is 1.59. The Morgan fingerprint density at radius 3 is 2.06 bits per heavy atom. The summed E-state index contributed by atoms with van der Waals surface area (Å²) in [6, 6.07) is 7.71. The zero-order valence-corrected chi connectivity index (χ0v) is 10.9. The fraction of sp³-hybridized carbons (Fsp3) is 0.500. The largest absolute Gasteiger partial charge is 0.355 e. The fourth-order valence-corrected chi connectivity index (χ4v) is 1.59. The van der Waals surface area contributed by atoms with Gasteiger partial charge in [0.15, 0.2) is 12.1 Å². The second-order valence-corrected chi connectivity index (χ2v) is 4.30. The van der Waals surface area contributed by atoms with E-state index in [0.717, 1.165) is 0 Å². The molecule has 0 heterocycles. The van der Waals surface area contributed by atoms with Gasteiger partial charge in [0.05, 0.1) is 6.42 Å². The highest BCUT2D eigenvalue weighted by Gasteiger charge is 2.13. The van der Waals surface area contributed by atoms with Gasteiger partial charge in [0.2, 0.25) is 0 Å². The van der Waals surface area contributed by atoms with Gasteiger partial charge in [-0.25, -0.2) is 0 Å². The van der Waals surface area contributed by atoms with Gasteiger partial charge in [-0.05, 0) is 11.5 Å². The molecule has 0 aromatic heterocycles. The second-order valence-electron chi connectivity index (χ2n) is 4.30. The van der Waals surface area contributed by atoms with Crippen molar-refractivity contribution in [3.63, 3.8) is 0 Å². The summed E-state index contributed by atoms with van der Waals surface area (Å²) in [6.07, 6.45) is -0.221. The minimum Gasteiger partial charge on any atom is -0.355 e. The third-order valence-corrected chi connectivity index (χ3v) is 2.78. The van der Waals surface area contributed by atoms with Gasteiger partial charge < -0.3 is 9.47 Å². The smallest absolute Gasteiger partial charge is 0.167 e. The summed E-state index contributed by atoms with van der Waals surface area (Å²) in [5, 5.41) is 0. The Bertz CT molecular complexity index is 350. The van der Waals surface area contributed by atoms with E-state index in [1.165, 1.54) is 19.8 Å². The molecule has 1 rings (SSSR count). The van der Waals surface area contributed by atoms with Crippen molar-refractivity contribution in [2.45, 2.75) is 32.5 Å². The number of hydrogen-bond donors (Lipinski definition) is 0. The molecule has 17 heavy (non-hydrogen) atoms. The number of Topliss-reactive ketones (excluding diaryl/α,β-unsaturated/α-hetero) is 1. The number of rotatable bonds is 6. The number of ether oxygens (including phenoxy) is 2. The zero-order chi connectivity index (χ0) is 12.8. The first-order valence-electron chi connectivity index (χ1n) is 5.77. The third kappa shape index (κ3) is 3.95. The van der Waals surface area contributed by atoms with Crippen molar-refractivity contribution in [2.75, 3.05) is 14.2 Å². The highest BCUT2D eigenvalue weighted by Crippen LogP contribution is 2.16. The Morgan fingerprint density at radius 1 is 1.12 bits per heavy atom. The van der Waals surface area contributed by atoms with Crippen LogP contribution in [0.4, 0.5) is 0 Å². The van der Waals surface area contributed by atoms with Crippen LogP contribution in [0.1, 0.15) is 42.1 Å². The number of methoxy groups -OCH3 is 2. The number of carbonyl (C=O) groups excluding carboxylic acids is 1. The van der Waals surface area contributed by atoms with E-state index in [1.807, 2.05) is 24.3 Å². The van der Waals surface area contributed by atoms with Crippen molar-refractivity contribution in [3.05, 3.63) is 35.4 Å². The Balaban J connectivity index is 2.69. The molecule has 3 heteroatoms. The van der Waals surface area contributed by atoms with Crippen LogP contribution >= 0.6 is 0 Å². The average molecular weight is 236 g/mol. The lowest BCUT2D eigenvalue weighted by molar-refractivity contribution is -0.0993. The van der Waals surface area contributed by atoms with Crippen LogP contribution in [0.3, 0.4) is 0 Å². The van der Waals surface area contributed by atoms with Gasteiger partial charge in [-0.15, -0.1) is 0 Å². The van der Waals surface area contributed by atoms with Gasteiger partial charge in [0.25, 0.3) is 0 Å². The Morgan fingerprint density at radius 2 is 1.65 bits per heavy atom. The van der Waals surface area contributed by atoms with Crippen LogP contribution in [-0.4, -0.2) is 26.3 Å². The van der Waals surface area contributed by atoms with Crippen molar-refractivity contribution in [2.24, 2.45) is 0 Å². The predicted molar refractivity (Wildman–Crippen MR) is 67.3 cm³/mol. The molecule has 0 unspecified atom stereocenters. The van der Waals surface area contributed by atoms with Gasteiger partial charge in [0.1, 0.15) is 0 Å². The summed E-state index contributed by atoms with van der Waals surface area (Å²) >= 11 is 0. The van der Waals surface area contributed by atoms with Crippen LogP contribution in [0.5, 0.6) is 0 Å². The first-order chi connectivity index (χ1) is 8.08. The Labute approximate surface area is 103 Å². The third-order valence-electron chi connectivity index (χ3n) is 2.78. The van der Waals surface area contributed by atoms with Crippen LogP contribution in [-0.2, 0) is 9.47 Å². The van der Waals surface area contributed by atoms with Crippen molar-refractivity contribution in [3.8, 4) is 0 Å². The van der Waals surface area contributed by atoms with Crippen molar-refractivity contribution in [1.82, 2.24) is 0 Å². The zero-order valence-electron chi connectivity index (χ0n) is 10.9. The van der Waals surface area contributed by atoms with Crippen molar-refractivity contribution >= 4 is 5.78 Å². The maximum Gasteiger partial charge on any atom is 0.167 e. The van der Waals surface area contributed by atoms with E-state index in [-0.39, 0.29) is 12.2 Å². The van der Waals surface area contributed by atoms with E-state index in [4.69, 9.17) is 9.47 Å². The van der Waals surface area contributed by atoms with Crippen LogP contribution in [0.25, 0.3) is 0 Å². The minimum absolute atomic E-state index is 0.0361. The van der Waals surface area contributed by atoms with Gasteiger partial charge in [-0.1, -0.05) is 38.1 Å². The molecule has 0 aliphatic carbocycles. The molecule has 0 N–H and O–H groups in total. The molecule has 94 valence electrons. The minimum atomic E-state index is -0.465. The number of hydrogen-bond acceptors (Lipinski definition) is 3. The summed E-state index contributed by atoms with van der Waals surface area (Å²) in [5.74, 6) is 0.513. The van der Waals surface area contributed by atoms with Crippen LogP contribution in [0, 0.1) is 0 Å². The average Bonchev–Trinajstić information content (AvgIpc) is 2.35. The van der Waals surface area contributed by atoms with E-state index in [0.29, 0.717) is 11.5 Å². The molecular formula is C14H20O3. The number of benzene rings is 1. The van der Waals surface area contributed by atoms with E-state index < -0.39 is 6.29 Å². The maximum absolute atomic E-state index is 11.9. The lowest BCUT2D eigenvalue weighted by atomic mass is 10.00. The molecule has 0 bridgehead atoms. The molecular weight excluding hydrogens is 216 g/mol. The SMILES string of the molecule is COC(CC(=O)c1ccc(C(C)C)cc1)OC. The van der Waals surface area contributed by atoms with Crippen LogP contribution < -0.4 is 0 Å².